The summed E-state index contributed by atoms with van der Waals surface area (Å²) in [4.78, 5) is 14.9. The first-order valence-corrected chi connectivity index (χ1v) is 11.9. The second-order valence-electron chi connectivity index (χ2n) is 8.94. The van der Waals surface area contributed by atoms with Crippen molar-refractivity contribution in [2.45, 2.75) is 46.2 Å². The number of hydrogen-bond donors (Lipinski definition) is 1. The number of aryl methyl sites for hydroxylation is 1. The number of carbonyl (C=O) groups excluding carboxylic acids is 1. The Hall–Kier alpha value is -3.19. The standard InChI is InChI=1S/C26H31ClN4O3/c1-17(2)28-26(32)30(15-19-9-10-19)16-22-18(3)29-31(21-13-11-20(27)12-14-21)25(22)34-24-8-6-5-7-23(24)33-4/h5-8,11-14,17,19H,9-10,15-16H2,1-4H3,(H,28,32). The minimum absolute atomic E-state index is 0.0522. The summed E-state index contributed by atoms with van der Waals surface area (Å²) < 4.78 is 13.7. The number of benzene rings is 2. The molecule has 1 saturated carbocycles. The lowest BCUT2D eigenvalue weighted by Gasteiger charge is -2.25. The van der Waals surface area contributed by atoms with Crippen molar-refractivity contribution in [1.82, 2.24) is 20.0 Å². The molecule has 1 aliphatic rings. The van der Waals surface area contributed by atoms with Gasteiger partial charge in [0.2, 0.25) is 5.88 Å². The van der Waals surface area contributed by atoms with Gasteiger partial charge in [-0.05, 0) is 75.9 Å². The second-order valence-corrected chi connectivity index (χ2v) is 9.37. The Kier molecular flexibility index (Phi) is 7.32. The number of rotatable bonds is 9. The lowest BCUT2D eigenvalue weighted by atomic mass is 10.2. The van der Waals surface area contributed by atoms with Crippen LogP contribution in [0.15, 0.2) is 48.5 Å². The van der Waals surface area contributed by atoms with Crippen LogP contribution in [0.1, 0.15) is 37.9 Å². The van der Waals surface area contributed by atoms with Gasteiger partial charge in [0.25, 0.3) is 0 Å². The van der Waals surface area contributed by atoms with Crippen LogP contribution in [0.5, 0.6) is 17.4 Å². The molecule has 2 aromatic carbocycles. The van der Waals surface area contributed by atoms with Crippen LogP contribution >= 0.6 is 11.6 Å². The van der Waals surface area contributed by atoms with Gasteiger partial charge in [-0.2, -0.15) is 5.10 Å². The minimum Gasteiger partial charge on any atom is -0.493 e. The number of aromatic nitrogens is 2. The van der Waals surface area contributed by atoms with E-state index in [1.165, 1.54) is 0 Å². The summed E-state index contributed by atoms with van der Waals surface area (Å²) in [6.07, 6.45) is 2.30. The molecule has 3 aromatic rings. The molecule has 1 aliphatic carbocycles. The van der Waals surface area contributed by atoms with E-state index in [1.807, 2.05) is 74.2 Å². The fourth-order valence-corrected chi connectivity index (χ4v) is 3.88. The molecule has 1 fully saturated rings. The van der Waals surface area contributed by atoms with Gasteiger partial charge in [0, 0.05) is 17.6 Å². The first-order valence-electron chi connectivity index (χ1n) is 11.6. The minimum atomic E-state index is -0.0798. The van der Waals surface area contributed by atoms with Crippen LogP contribution in [0.25, 0.3) is 5.69 Å². The lowest BCUT2D eigenvalue weighted by Crippen LogP contribution is -2.43. The quantitative estimate of drug-likeness (QED) is 0.408. The van der Waals surface area contributed by atoms with E-state index in [9.17, 15) is 4.79 Å². The van der Waals surface area contributed by atoms with Gasteiger partial charge >= 0.3 is 6.03 Å². The fourth-order valence-electron chi connectivity index (χ4n) is 3.75. The number of amides is 2. The van der Waals surface area contributed by atoms with Crippen molar-refractivity contribution in [2.75, 3.05) is 13.7 Å². The maximum atomic E-state index is 13.0. The third-order valence-electron chi connectivity index (χ3n) is 5.71. The van der Waals surface area contributed by atoms with E-state index in [4.69, 9.17) is 26.2 Å². The topological polar surface area (TPSA) is 68.6 Å². The number of ether oxygens (including phenoxy) is 2. The highest BCUT2D eigenvalue weighted by Crippen LogP contribution is 2.37. The van der Waals surface area contributed by atoms with Crippen molar-refractivity contribution < 1.29 is 14.3 Å². The van der Waals surface area contributed by atoms with E-state index in [0.717, 1.165) is 29.8 Å². The van der Waals surface area contributed by atoms with Crippen LogP contribution in [0.4, 0.5) is 4.79 Å². The van der Waals surface area contributed by atoms with Crippen LogP contribution in [-0.4, -0.2) is 40.4 Å². The first-order chi connectivity index (χ1) is 16.4. The van der Waals surface area contributed by atoms with Crippen molar-refractivity contribution in [3.8, 4) is 23.1 Å². The van der Waals surface area contributed by atoms with Crippen molar-refractivity contribution in [2.24, 2.45) is 5.92 Å². The summed E-state index contributed by atoms with van der Waals surface area (Å²) in [5, 5.41) is 8.45. The van der Waals surface area contributed by atoms with Gasteiger partial charge in [0.05, 0.1) is 30.6 Å². The van der Waals surface area contributed by atoms with Crippen LogP contribution in [-0.2, 0) is 6.54 Å². The van der Waals surface area contributed by atoms with Crippen molar-refractivity contribution in [1.29, 1.82) is 0 Å². The van der Waals surface area contributed by atoms with E-state index in [-0.39, 0.29) is 12.1 Å². The maximum absolute atomic E-state index is 13.0. The Bertz CT molecular complexity index is 1140. The maximum Gasteiger partial charge on any atom is 0.317 e. The smallest absolute Gasteiger partial charge is 0.317 e. The zero-order valence-corrected chi connectivity index (χ0v) is 20.8. The van der Waals surface area contributed by atoms with E-state index in [1.54, 1.807) is 11.8 Å². The average Bonchev–Trinajstić information content (AvgIpc) is 3.58. The predicted molar refractivity (Wildman–Crippen MR) is 133 cm³/mol. The molecular weight excluding hydrogens is 452 g/mol. The molecule has 0 atom stereocenters. The highest BCUT2D eigenvalue weighted by Gasteiger charge is 2.30. The number of para-hydroxylation sites is 2. The largest absolute Gasteiger partial charge is 0.493 e. The number of nitrogens with one attached hydrogen (secondary N) is 1. The monoisotopic (exact) mass is 482 g/mol. The number of carbonyl (C=O) groups is 1. The Morgan fingerprint density at radius 3 is 2.47 bits per heavy atom. The molecule has 34 heavy (non-hydrogen) atoms. The summed E-state index contributed by atoms with van der Waals surface area (Å²) in [6.45, 7) is 6.96. The molecular formula is C26H31ClN4O3. The molecule has 0 bridgehead atoms. The Morgan fingerprint density at radius 1 is 1.18 bits per heavy atom. The molecule has 4 rings (SSSR count). The number of nitrogens with zero attached hydrogens (tertiary/aromatic N) is 3. The zero-order valence-electron chi connectivity index (χ0n) is 20.0. The first kappa shape index (κ1) is 24.0. The molecule has 0 aliphatic heterocycles. The molecule has 8 heteroatoms. The van der Waals surface area contributed by atoms with E-state index < -0.39 is 0 Å². The Morgan fingerprint density at radius 2 is 1.85 bits per heavy atom. The van der Waals surface area contributed by atoms with Crippen LogP contribution in [0.3, 0.4) is 0 Å². The van der Waals surface area contributed by atoms with Gasteiger partial charge in [-0.15, -0.1) is 0 Å². The molecule has 0 unspecified atom stereocenters. The SMILES string of the molecule is COc1ccccc1Oc1c(CN(CC2CC2)C(=O)NC(C)C)c(C)nn1-c1ccc(Cl)cc1. The highest BCUT2D eigenvalue weighted by molar-refractivity contribution is 6.30. The number of methoxy groups -OCH3 is 1. The molecule has 0 radical (unpaired) electrons. The number of halogens is 1. The van der Waals surface area contributed by atoms with E-state index in [2.05, 4.69) is 5.32 Å². The second kappa shape index (κ2) is 10.4. The average molecular weight is 483 g/mol. The summed E-state index contributed by atoms with van der Waals surface area (Å²) in [5.41, 5.74) is 2.45. The van der Waals surface area contributed by atoms with Crippen molar-refractivity contribution >= 4 is 17.6 Å². The Balaban J connectivity index is 1.75. The van der Waals surface area contributed by atoms with E-state index in [0.29, 0.717) is 41.4 Å². The molecule has 1 heterocycles. The van der Waals surface area contributed by atoms with Crippen molar-refractivity contribution in [3.63, 3.8) is 0 Å². The van der Waals surface area contributed by atoms with Crippen molar-refractivity contribution in [3.05, 3.63) is 64.8 Å². The van der Waals surface area contributed by atoms with Gasteiger partial charge in [0.1, 0.15) is 0 Å². The number of urea groups is 1. The van der Waals surface area contributed by atoms with Gasteiger partial charge in [-0.25, -0.2) is 9.48 Å². The molecule has 2 amide bonds. The predicted octanol–water partition coefficient (Wildman–Crippen LogP) is 5.97. The van der Waals surface area contributed by atoms with Gasteiger partial charge in [-0.1, -0.05) is 23.7 Å². The normalized spacial score (nSPS) is 13.1. The third-order valence-corrected chi connectivity index (χ3v) is 5.96. The van der Waals surface area contributed by atoms with Crippen LogP contribution in [0, 0.1) is 12.8 Å². The molecule has 7 nitrogen and oxygen atoms in total. The molecule has 1 aromatic heterocycles. The van der Waals surface area contributed by atoms with Gasteiger partial charge in [-0.3, -0.25) is 0 Å². The summed E-state index contributed by atoms with van der Waals surface area (Å²) in [7, 11) is 1.61. The Labute approximate surface area is 205 Å². The van der Waals surface area contributed by atoms with Crippen LogP contribution in [0.2, 0.25) is 5.02 Å². The zero-order chi connectivity index (χ0) is 24.2. The molecule has 1 N–H and O–H groups in total. The summed E-state index contributed by atoms with van der Waals surface area (Å²) in [6, 6.07) is 14.9. The van der Waals surface area contributed by atoms with Gasteiger partial charge in [0.15, 0.2) is 11.5 Å². The fraction of sp³-hybridized carbons (Fsp3) is 0.385. The van der Waals surface area contributed by atoms with Crippen LogP contribution < -0.4 is 14.8 Å². The molecule has 180 valence electrons. The number of hydrogen-bond acceptors (Lipinski definition) is 4. The third kappa shape index (κ3) is 5.65. The molecule has 0 spiro atoms. The molecule has 0 saturated heterocycles. The summed E-state index contributed by atoms with van der Waals surface area (Å²) in [5.74, 6) is 2.27. The van der Waals surface area contributed by atoms with E-state index >= 15 is 0 Å². The lowest BCUT2D eigenvalue weighted by molar-refractivity contribution is 0.189. The highest BCUT2D eigenvalue weighted by atomic mass is 35.5. The summed E-state index contributed by atoms with van der Waals surface area (Å²) >= 11 is 6.12. The van der Waals surface area contributed by atoms with Gasteiger partial charge < -0.3 is 19.7 Å².